The van der Waals surface area contributed by atoms with Crippen molar-refractivity contribution in [3.63, 3.8) is 0 Å². The van der Waals surface area contributed by atoms with Crippen LogP contribution in [0.5, 0.6) is 0 Å². The third-order valence-electron chi connectivity index (χ3n) is 3.89. The maximum Gasteiger partial charge on any atom is 0.217 e. The Balaban J connectivity index is 2.17. The Labute approximate surface area is 133 Å². The van der Waals surface area contributed by atoms with Gasteiger partial charge < -0.3 is 10.1 Å². The van der Waals surface area contributed by atoms with Gasteiger partial charge in [0.1, 0.15) is 12.1 Å². The summed E-state index contributed by atoms with van der Waals surface area (Å²) >= 11 is 0. The molecule has 0 aromatic heterocycles. The molecule has 0 spiro atoms. The Morgan fingerprint density at radius 3 is 2.50 bits per heavy atom. The molecule has 0 saturated heterocycles. The van der Waals surface area contributed by atoms with E-state index in [9.17, 15) is 4.79 Å². The van der Waals surface area contributed by atoms with Gasteiger partial charge in [0.05, 0.1) is 6.04 Å². The number of benzene rings is 1. The number of hydrogen-bond donors (Lipinski definition) is 1. The first-order valence-electron chi connectivity index (χ1n) is 7.82. The van der Waals surface area contributed by atoms with E-state index in [4.69, 9.17) is 9.73 Å². The van der Waals surface area contributed by atoms with E-state index >= 15 is 0 Å². The van der Waals surface area contributed by atoms with E-state index in [0.29, 0.717) is 5.90 Å². The number of rotatable bonds is 4. The van der Waals surface area contributed by atoms with Crippen LogP contribution in [0.4, 0.5) is 0 Å². The van der Waals surface area contributed by atoms with Crippen LogP contribution in [0.2, 0.25) is 0 Å². The van der Waals surface area contributed by atoms with Gasteiger partial charge in [-0.3, -0.25) is 4.79 Å². The molecule has 1 aliphatic rings. The van der Waals surface area contributed by atoms with Crippen LogP contribution in [0, 0.1) is 5.41 Å². The minimum atomic E-state index is -0.201. The third kappa shape index (κ3) is 4.09. The molecule has 3 atom stereocenters. The minimum absolute atomic E-state index is 0.0221. The topological polar surface area (TPSA) is 50.7 Å². The highest BCUT2D eigenvalue weighted by Gasteiger charge is 2.37. The summed E-state index contributed by atoms with van der Waals surface area (Å²) in [6, 6.07) is 10.2. The molecule has 1 N–H and O–H groups in total. The molecule has 1 aromatic carbocycles. The Kier molecular flexibility index (Phi) is 4.89. The number of nitrogens with one attached hydrogen (secondary N) is 1. The number of aliphatic imine (C=N–C) groups is 1. The summed E-state index contributed by atoms with van der Waals surface area (Å²) in [6.07, 6.45) is 0.872. The van der Waals surface area contributed by atoms with Crippen molar-refractivity contribution < 1.29 is 9.53 Å². The highest BCUT2D eigenvalue weighted by molar-refractivity contribution is 5.88. The van der Waals surface area contributed by atoms with Crippen molar-refractivity contribution in [3.05, 3.63) is 35.9 Å². The third-order valence-corrected chi connectivity index (χ3v) is 3.89. The second-order valence-electron chi connectivity index (χ2n) is 7.05. The molecule has 1 heterocycles. The molecule has 0 aliphatic carbocycles. The first-order valence-corrected chi connectivity index (χ1v) is 7.82. The Morgan fingerprint density at radius 2 is 1.95 bits per heavy atom. The maximum absolute atomic E-state index is 11.5. The van der Waals surface area contributed by atoms with E-state index in [2.05, 4.69) is 38.2 Å². The zero-order valence-electron chi connectivity index (χ0n) is 14.1. The van der Waals surface area contributed by atoms with Gasteiger partial charge in [-0.1, -0.05) is 51.1 Å². The smallest absolute Gasteiger partial charge is 0.217 e. The molecule has 2 rings (SSSR count). The van der Waals surface area contributed by atoms with E-state index < -0.39 is 0 Å². The quantitative estimate of drug-likeness (QED) is 0.929. The predicted octanol–water partition coefficient (Wildman–Crippen LogP) is 2.97. The zero-order chi connectivity index (χ0) is 16.3. The fraction of sp³-hybridized carbons (Fsp3) is 0.556. The van der Waals surface area contributed by atoms with Gasteiger partial charge in [0.25, 0.3) is 0 Å². The number of amides is 1. The molecule has 4 heteroatoms. The molecule has 0 fully saturated rings. The van der Waals surface area contributed by atoms with Crippen molar-refractivity contribution in [2.75, 3.05) is 0 Å². The van der Waals surface area contributed by atoms with Crippen LogP contribution in [-0.4, -0.2) is 30.0 Å². The molecule has 1 aromatic rings. The van der Waals surface area contributed by atoms with Crippen molar-refractivity contribution in [3.8, 4) is 0 Å². The SMILES string of the molecule is CC(=O)NC(C1=N[C@@H](Cc2ccccc2)[C@H](C)O1)C(C)(C)C. The highest BCUT2D eigenvalue weighted by Crippen LogP contribution is 2.27. The van der Waals surface area contributed by atoms with Crippen LogP contribution in [0.25, 0.3) is 0 Å². The van der Waals surface area contributed by atoms with Crippen molar-refractivity contribution in [1.29, 1.82) is 0 Å². The van der Waals surface area contributed by atoms with Gasteiger partial charge in [0.15, 0.2) is 0 Å². The van der Waals surface area contributed by atoms with Crippen LogP contribution >= 0.6 is 0 Å². The van der Waals surface area contributed by atoms with Crippen molar-refractivity contribution in [1.82, 2.24) is 5.32 Å². The molecule has 1 aliphatic heterocycles. The van der Waals surface area contributed by atoms with Gasteiger partial charge in [-0.05, 0) is 24.3 Å². The standard InChI is InChI=1S/C18H26N2O2/c1-12-15(11-14-9-7-6-8-10-14)20-17(22-12)16(18(3,4)5)19-13(2)21/h6-10,12,15-16H,11H2,1-5H3,(H,19,21)/t12-,15-,16?/m0/s1. The average Bonchev–Trinajstić information content (AvgIpc) is 2.77. The van der Waals surface area contributed by atoms with E-state index in [1.807, 2.05) is 25.1 Å². The summed E-state index contributed by atoms with van der Waals surface area (Å²) in [5, 5.41) is 2.97. The van der Waals surface area contributed by atoms with Crippen molar-refractivity contribution in [2.45, 2.75) is 59.2 Å². The van der Waals surface area contributed by atoms with Crippen LogP contribution in [0.3, 0.4) is 0 Å². The van der Waals surface area contributed by atoms with E-state index in [1.54, 1.807) is 0 Å². The van der Waals surface area contributed by atoms with Gasteiger partial charge in [0, 0.05) is 6.92 Å². The number of carbonyl (C=O) groups excluding carboxylic acids is 1. The lowest BCUT2D eigenvalue weighted by Crippen LogP contribution is -2.48. The maximum atomic E-state index is 11.5. The monoisotopic (exact) mass is 302 g/mol. The van der Waals surface area contributed by atoms with E-state index in [1.165, 1.54) is 12.5 Å². The number of carbonyl (C=O) groups is 1. The van der Waals surface area contributed by atoms with Gasteiger partial charge in [0.2, 0.25) is 11.8 Å². The number of hydrogen-bond acceptors (Lipinski definition) is 3. The van der Waals surface area contributed by atoms with E-state index in [-0.39, 0.29) is 29.5 Å². The normalized spacial score (nSPS) is 22.7. The number of ether oxygens (including phenoxy) is 1. The Morgan fingerprint density at radius 1 is 1.32 bits per heavy atom. The lowest BCUT2D eigenvalue weighted by atomic mass is 9.86. The van der Waals surface area contributed by atoms with Gasteiger partial charge in [-0.15, -0.1) is 0 Å². The molecule has 4 nitrogen and oxygen atoms in total. The largest absolute Gasteiger partial charge is 0.474 e. The zero-order valence-corrected chi connectivity index (χ0v) is 14.1. The lowest BCUT2D eigenvalue weighted by Gasteiger charge is -2.30. The van der Waals surface area contributed by atoms with Gasteiger partial charge >= 0.3 is 0 Å². The highest BCUT2D eigenvalue weighted by atomic mass is 16.5. The van der Waals surface area contributed by atoms with Crippen molar-refractivity contribution in [2.24, 2.45) is 10.4 Å². The molecule has 120 valence electrons. The summed E-state index contributed by atoms with van der Waals surface area (Å²) in [6.45, 7) is 9.80. The van der Waals surface area contributed by atoms with Crippen molar-refractivity contribution >= 4 is 11.8 Å². The van der Waals surface area contributed by atoms with Gasteiger partial charge in [-0.2, -0.15) is 0 Å². The molecule has 0 saturated carbocycles. The van der Waals surface area contributed by atoms with E-state index in [0.717, 1.165) is 6.42 Å². The summed E-state index contributed by atoms with van der Waals surface area (Å²) in [5.41, 5.74) is 1.10. The van der Waals surface area contributed by atoms with Crippen LogP contribution in [0.15, 0.2) is 35.3 Å². The molecule has 22 heavy (non-hydrogen) atoms. The Bertz CT molecular complexity index is 546. The van der Waals surface area contributed by atoms with Crippen LogP contribution in [0.1, 0.15) is 40.2 Å². The average molecular weight is 302 g/mol. The lowest BCUT2D eigenvalue weighted by molar-refractivity contribution is -0.120. The summed E-state index contributed by atoms with van der Waals surface area (Å²) in [5.74, 6) is 0.585. The number of nitrogens with zero attached hydrogens (tertiary/aromatic N) is 1. The van der Waals surface area contributed by atoms with Crippen LogP contribution in [-0.2, 0) is 16.0 Å². The molecule has 0 bridgehead atoms. The minimum Gasteiger partial charge on any atom is -0.474 e. The second-order valence-corrected chi connectivity index (χ2v) is 7.05. The predicted molar refractivity (Wildman–Crippen MR) is 89.0 cm³/mol. The molecule has 1 unspecified atom stereocenters. The summed E-state index contributed by atoms with van der Waals surface area (Å²) < 4.78 is 5.97. The first kappa shape index (κ1) is 16.5. The molecular formula is C18H26N2O2. The van der Waals surface area contributed by atoms with Crippen LogP contribution < -0.4 is 5.32 Å². The summed E-state index contributed by atoms with van der Waals surface area (Å²) in [4.78, 5) is 16.3. The summed E-state index contributed by atoms with van der Waals surface area (Å²) in [7, 11) is 0. The molecule has 1 amide bonds. The molecular weight excluding hydrogens is 276 g/mol. The first-order chi connectivity index (χ1) is 10.3. The second kappa shape index (κ2) is 6.51. The molecule has 0 radical (unpaired) electrons. The Hall–Kier alpha value is -1.84. The fourth-order valence-electron chi connectivity index (χ4n) is 2.63. The van der Waals surface area contributed by atoms with Gasteiger partial charge in [-0.25, -0.2) is 4.99 Å². The fourth-order valence-corrected chi connectivity index (χ4v) is 2.63.